The van der Waals surface area contributed by atoms with E-state index in [0.717, 1.165) is 11.1 Å². The molecule has 0 aromatic heterocycles. The Morgan fingerprint density at radius 1 is 0.704 bits per heavy atom. The van der Waals surface area contributed by atoms with E-state index in [1.165, 1.54) is 4.90 Å². The number of carbonyl (C=O) groups excluding carboxylic acids is 6. The van der Waals surface area contributed by atoms with E-state index < -0.39 is 88.5 Å². The van der Waals surface area contributed by atoms with Crippen LogP contribution in [0.3, 0.4) is 0 Å². The van der Waals surface area contributed by atoms with E-state index in [4.69, 9.17) is 18.9 Å². The molecule has 2 aliphatic rings. The number of hydrogen-bond acceptors (Lipinski definition) is 12. The Morgan fingerprint density at radius 3 is 1.69 bits per heavy atom. The molecule has 0 spiro atoms. The van der Waals surface area contributed by atoms with Crippen molar-refractivity contribution in [3.8, 4) is 0 Å². The Kier molecular flexibility index (Phi) is 21.2. The van der Waals surface area contributed by atoms with Crippen LogP contribution in [0, 0.1) is 5.92 Å². The largest absolute Gasteiger partial charge is 0.480 e. The molecular formula is C52H79N7O12. The fourth-order valence-electron chi connectivity index (χ4n) is 8.29. The second kappa shape index (κ2) is 26.1. The molecule has 0 unspecified atom stereocenters. The molecule has 2 heterocycles. The number of unbranched alkanes of at least 4 members (excludes halogenated alkanes) is 1. The number of hydrogen-bond donors (Lipinski definition) is 7. The molecule has 7 N–H and O–H groups in total. The Bertz CT molecular complexity index is 2080. The van der Waals surface area contributed by atoms with Gasteiger partial charge in [-0.1, -0.05) is 74.5 Å². The predicted molar refractivity (Wildman–Crippen MR) is 266 cm³/mol. The monoisotopic (exact) mass is 994 g/mol. The van der Waals surface area contributed by atoms with E-state index in [-0.39, 0.29) is 63.6 Å². The van der Waals surface area contributed by atoms with Gasteiger partial charge in [-0.15, -0.1) is 0 Å². The normalized spacial score (nSPS) is 18.2. The smallest absolute Gasteiger partial charge is 0.408 e. The zero-order chi connectivity index (χ0) is 52.6. The number of carbonyl (C=O) groups is 7. The maximum absolute atomic E-state index is 14.5. The van der Waals surface area contributed by atoms with Gasteiger partial charge in [-0.05, 0) is 118 Å². The molecule has 19 nitrogen and oxygen atoms in total. The third-order valence-corrected chi connectivity index (χ3v) is 11.8. The van der Waals surface area contributed by atoms with E-state index in [9.17, 15) is 38.7 Å². The summed E-state index contributed by atoms with van der Waals surface area (Å²) in [5, 5.41) is 27.5. The molecule has 71 heavy (non-hydrogen) atoms. The van der Waals surface area contributed by atoms with Gasteiger partial charge < -0.3 is 60.9 Å². The molecule has 0 radical (unpaired) electrons. The first kappa shape index (κ1) is 57.8. The molecule has 4 rings (SSSR count). The number of alkyl carbamates (subject to hydrolysis) is 2. The zero-order valence-electron chi connectivity index (χ0n) is 43.3. The molecule has 394 valence electrons. The number of benzene rings is 2. The first-order valence-electron chi connectivity index (χ1n) is 24.8. The Hall–Kier alpha value is -5.79. The first-order chi connectivity index (χ1) is 33.2. The predicted octanol–water partition coefficient (Wildman–Crippen LogP) is 4.75. The average Bonchev–Trinajstić information content (AvgIpc) is 3.63. The van der Waals surface area contributed by atoms with Crippen LogP contribution in [0.1, 0.15) is 119 Å². The first-order valence-corrected chi connectivity index (χ1v) is 24.8. The van der Waals surface area contributed by atoms with Gasteiger partial charge in [0.25, 0.3) is 0 Å². The van der Waals surface area contributed by atoms with Gasteiger partial charge in [0.2, 0.25) is 23.6 Å². The van der Waals surface area contributed by atoms with Gasteiger partial charge in [0.05, 0.1) is 12.7 Å². The third kappa shape index (κ3) is 20.1. The van der Waals surface area contributed by atoms with Crippen molar-refractivity contribution in [1.29, 1.82) is 0 Å². The van der Waals surface area contributed by atoms with E-state index >= 15 is 0 Å². The lowest BCUT2D eigenvalue weighted by atomic mass is 9.87. The summed E-state index contributed by atoms with van der Waals surface area (Å²) in [6.45, 7) is 19.2. The summed E-state index contributed by atoms with van der Waals surface area (Å²) in [5.41, 5.74) is -1.92. The molecule has 0 bridgehead atoms. The minimum Gasteiger partial charge on any atom is -0.480 e. The second-order valence-corrected chi connectivity index (χ2v) is 21.4. The molecule has 6 amide bonds. The lowest BCUT2D eigenvalue weighted by Crippen LogP contribution is -2.63. The number of carboxylic acid groups (broad SMARTS) is 1. The molecule has 0 saturated carbocycles. The standard InChI is InChI=1S/C52H79N7O12/c1-34(2)29-39(55-43(61)40(30-35-19-13-11-14-20-35)56-44(62)41(31-36-21-15-12-16-22-36)57-47(66)70-49(3,4)5)42(60)54-38(23-17-18-26-53-32-37-33-68-51(9,10)69-37)45(63)59-27-24-52(25-28-59,46(64)65)58-48(67)71-50(6,7)8/h11-16,19-22,34,37-41,53H,17-18,23-33H2,1-10H3,(H,54,60)(H,55,61)(H,56,62)(H,57,66)(H,58,67)(H,64,65)/t37-,38-,39-,40-,41-/m1/s1. The minimum atomic E-state index is -1.68. The summed E-state index contributed by atoms with van der Waals surface area (Å²) in [4.78, 5) is 97.5. The van der Waals surface area contributed by atoms with E-state index in [1.54, 1.807) is 53.7 Å². The molecule has 19 heteroatoms. The van der Waals surface area contributed by atoms with Gasteiger partial charge in [0.15, 0.2) is 5.79 Å². The van der Waals surface area contributed by atoms with Crippen molar-refractivity contribution in [2.45, 2.75) is 173 Å². The average molecular weight is 994 g/mol. The number of carboxylic acids is 1. The van der Waals surface area contributed by atoms with Crippen molar-refractivity contribution in [3.63, 3.8) is 0 Å². The Labute approximate surface area is 419 Å². The molecule has 2 aliphatic heterocycles. The van der Waals surface area contributed by atoms with Crippen LogP contribution in [0.2, 0.25) is 0 Å². The zero-order valence-corrected chi connectivity index (χ0v) is 43.3. The summed E-state index contributed by atoms with van der Waals surface area (Å²) < 4.78 is 22.4. The molecule has 2 fully saturated rings. The highest BCUT2D eigenvalue weighted by Crippen LogP contribution is 2.26. The fraction of sp³-hybridized carbons (Fsp3) is 0.635. The van der Waals surface area contributed by atoms with Crippen molar-refractivity contribution in [3.05, 3.63) is 71.8 Å². The molecular weight excluding hydrogens is 915 g/mol. The van der Waals surface area contributed by atoms with Crippen LogP contribution < -0.4 is 31.9 Å². The third-order valence-electron chi connectivity index (χ3n) is 11.8. The molecule has 2 aromatic rings. The maximum atomic E-state index is 14.5. The summed E-state index contributed by atoms with van der Waals surface area (Å²) in [6.07, 6.45) is -0.346. The van der Waals surface area contributed by atoms with Crippen LogP contribution >= 0.6 is 0 Å². The molecule has 0 aliphatic carbocycles. The van der Waals surface area contributed by atoms with Gasteiger partial charge in [-0.25, -0.2) is 14.4 Å². The Morgan fingerprint density at radius 2 is 1.20 bits per heavy atom. The number of likely N-dealkylation sites (tertiary alicyclic amines) is 1. The number of piperidine rings is 1. The van der Waals surface area contributed by atoms with Crippen molar-refractivity contribution >= 4 is 41.8 Å². The lowest BCUT2D eigenvalue weighted by molar-refractivity contribution is -0.150. The summed E-state index contributed by atoms with van der Waals surface area (Å²) in [7, 11) is 0. The lowest BCUT2D eigenvalue weighted by Gasteiger charge is -2.40. The summed E-state index contributed by atoms with van der Waals surface area (Å²) in [5.74, 6) is -4.39. The SMILES string of the molecule is CC(C)C[C@@H](NC(=O)[C@@H](Cc1ccccc1)NC(=O)[C@@H](Cc1ccccc1)NC(=O)OC(C)(C)C)C(=O)N[C@H](CCCCNC[C@@H]1COC(C)(C)O1)C(=O)N1CCC(NC(=O)OC(C)(C)C)(C(=O)O)CC1. The van der Waals surface area contributed by atoms with Crippen LogP contribution in [0.5, 0.6) is 0 Å². The summed E-state index contributed by atoms with van der Waals surface area (Å²) >= 11 is 0. The van der Waals surface area contributed by atoms with E-state index in [2.05, 4.69) is 31.9 Å². The molecule has 5 atom stereocenters. The van der Waals surface area contributed by atoms with E-state index in [1.807, 2.05) is 76.2 Å². The number of rotatable bonds is 23. The van der Waals surface area contributed by atoms with Gasteiger partial charge in [-0.2, -0.15) is 0 Å². The van der Waals surface area contributed by atoms with Crippen molar-refractivity contribution in [2.75, 3.05) is 32.8 Å². The van der Waals surface area contributed by atoms with Crippen LogP contribution in [0.25, 0.3) is 0 Å². The highest BCUT2D eigenvalue weighted by Gasteiger charge is 2.46. The van der Waals surface area contributed by atoms with Crippen molar-refractivity contribution in [2.24, 2.45) is 5.92 Å². The van der Waals surface area contributed by atoms with Gasteiger partial charge in [0, 0.05) is 32.5 Å². The van der Waals surface area contributed by atoms with Gasteiger partial charge in [-0.3, -0.25) is 19.2 Å². The highest BCUT2D eigenvalue weighted by molar-refractivity contribution is 5.95. The van der Waals surface area contributed by atoms with Crippen molar-refractivity contribution < 1.29 is 57.6 Å². The van der Waals surface area contributed by atoms with Crippen LogP contribution in [0.4, 0.5) is 9.59 Å². The van der Waals surface area contributed by atoms with E-state index in [0.29, 0.717) is 32.5 Å². The number of nitrogens with one attached hydrogen (secondary N) is 6. The number of ether oxygens (including phenoxy) is 4. The number of amides is 6. The van der Waals surface area contributed by atoms with Gasteiger partial charge >= 0.3 is 18.2 Å². The number of nitrogens with zero attached hydrogens (tertiary/aromatic N) is 1. The van der Waals surface area contributed by atoms with Crippen LogP contribution in [-0.2, 0) is 55.8 Å². The maximum Gasteiger partial charge on any atom is 0.408 e. The fourth-order valence-corrected chi connectivity index (χ4v) is 8.29. The molecule has 2 aromatic carbocycles. The number of aliphatic carboxylic acids is 1. The van der Waals surface area contributed by atoms with Gasteiger partial charge in [0.1, 0.15) is 40.9 Å². The molecule has 2 saturated heterocycles. The quantitative estimate of drug-likeness (QED) is 0.0744. The highest BCUT2D eigenvalue weighted by atomic mass is 16.7. The van der Waals surface area contributed by atoms with Crippen molar-refractivity contribution in [1.82, 2.24) is 36.8 Å². The topological polar surface area (TPSA) is 252 Å². The van der Waals surface area contributed by atoms with Crippen LogP contribution in [0.15, 0.2) is 60.7 Å². The van der Waals surface area contributed by atoms with Crippen LogP contribution in [-0.4, -0.2) is 137 Å². The second-order valence-electron chi connectivity index (χ2n) is 21.4. The Balaban J connectivity index is 1.55. The minimum absolute atomic E-state index is 0.0320. The summed E-state index contributed by atoms with van der Waals surface area (Å²) in [6, 6.07) is 13.6.